The van der Waals surface area contributed by atoms with Crippen LogP contribution in [0.4, 0.5) is 4.79 Å². The number of amides is 2. The molecule has 5 aliphatic rings. The maximum Gasteiger partial charge on any atom is 0.315 e. The van der Waals surface area contributed by atoms with Crippen molar-refractivity contribution >= 4 is 6.03 Å². The van der Waals surface area contributed by atoms with Crippen molar-refractivity contribution in [1.82, 2.24) is 15.5 Å². The van der Waals surface area contributed by atoms with Crippen molar-refractivity contribution in [2.24, 2.45) is 23.7 Å². The average Bonchev–Trinajstić information content (AvgIpc) is 3.17. The van der Waals surface area contributed by atoms with E-state index in [1.807, 2.05) is 12.1 Å². The minimum Gasteiger partial charge on any atom is -0.392 e. The highest BCUT2D eigenvalue weighted by molar-refractivity contribution is 5.75. The molecule has 7 nitrogen and oxygen atoms in total. The first kappa shape index (κ1) is 36.0. The lowest BCUT2D eigenvalue weighted by molar-refractivity contribution is -0.276. The van der Waals surface area contributed by atoms with Gasteiger partial charge in [0.15, 0.2) is 6.29 Å². The quantitative estimate of drug-likeness (QED) is 0.145. The van der Waals surface area contributed by atoms with Gasteiger partial charge in [-0.05, 0) is 116 Å². The molecule has 0 spiro atoms. The molecule has 0 radical (unpaired) electrons. The molecule has 1 saturated heterocycles. The van der Waals surface area contributed by atoms with Crippen LogP contribution in [0, 0.1) is 23.7 Å². The Kier molecular flexibility index (Phi) is 10.4. The molecule has 7 heteroatoms. The normalized spacial score (nSPS) is 29.6. The maximum atomic E-state index is 13.2. The van der Waals surface area contributed by atoms with Crippen LogP contribution in [0.25, 0.3) is 11.1 Å². The summed E-state index contributed by atoms with van der Waals surface area (Å²) in [6.45, 7) is 5.69. The molecule has 278 valence electrons. The van der Waals surface area contributed by atoms with Gasteiger partial charge in [0.05, 0.1) is 18.8 Å². The third kappa shape index (κ3) is 7.95. The van der Waals surface area contributed by atoms with Crippen LogP contribution in [-0.4, -0.2) is 41.3 Å². The zero-order valence-electron chi connectivity index (χ0n) is 31.4. The molecule has 53 heavy (non-hydrogen) atoms. The molecular formula is C46H55N3O4. The molecule has 1 aliphatic heterocycles. The highest BCUT2D eigenvalue weighted by atomic mass is 16.7. The van der Waals surface area contributed by atoms with Crippen molar-refractivity contribution in [2.75, 3.05) is 13.6 Å². The molecule has 5 unspecified atom stereocenters. The zero-order chi connectivity index (χ0) is 36.5. The Balaban J connectivity index is 0.976. The van der Waals surface area contributed by atoms with Crippen LogP contribution >= 0.6 is 0 Å². The first-order valence-corrected chi connectivity index (χ1v) is 19.8. The summed E-state index contributed by atoms with van der Waals surface area (Å²) in [7, 11) is 2.17. The fourth-order valence-electron chi connectivity index (χ4n) is 10.2. The van der Waals surface area contributed by atoms with E-state index < -0.39 is 6.29 Å². The van der Waals surface area contributed by atoms with Crippen LogP contribution in [0.2, 0.25) is 0 Å². The molecule has 0 aromatic heterocycles. The molecule has 9 rings (SSSR count). The third-order valence-corrected chi connectivity index (χ3v) is 12.8. The summed E-state index contributed by atoms with van der Waals surface area (Å²) in [5, 5.41) is 16.3. The molecule has 4 aliphatic carbocycles. The molecule has 3 N–H and O–H groups in total. The number of likely N-dealkylation sites (N-methyl/N-ethyl adjacent to an activating group) is 1. The second kappa shape index (κ2) is 15.4. The van der Waals surface area contributed by atoms with Gasteiger partial charge in [-0.25, -0.2) is 4.79 Å². The summed E-state index contributed by atoms with van der Waals surface area (Å²) in [5.74, 6) is 2.47. The van der Waals surface area contributed by atoms with Gasteiger partial charge < -0.3 is 25.2 Å². The van der Waals surface area contributed by atoms with Gasteiger partial charge in [0.1, 0.15) is 0 Å². The Morgan fingerprint density at radius 2 is 1.47 bits per heavy atom. The molecule has 4 aromatic rings. The monoisotopic (exact) mass is 713 g/mol. The van der Waals surface area contributed by atoms with Crippen LogP contribution < -0.4 is 10.6 Å². The first-order valence-electron chi connectivity index (χ1n) is 19.8. The number of nitrogens with one attached hydrogen (secondary N) is 2. The number of benzene rings is 4. The second-order valence-corrected chi connectivity index (χ2v) is 16.7. The molecule has 1 heterocycles. The number of hydrogen-bond acceptors (Lipinski definition) is 5. The minimum absolute atomic E-state index is 0.00136. The topological polar surface area (TPSA) is 83.1 Å². The number of aliphatic hydroxyl groups excluding tert-OH is 1. The summed E-state index contributed by atoms with van der Waals surface area (Å²) >= 11 is 0. The maximum absolute atomic E-state index is 13.2. The lowest BCUT2D eigenvalue weighted by atomic mass is 9.53. The number of urea groups is 1. The fourth-order valence-corrected chi connectivity index (χ4v) is 10.2. The summed E-state index contributed by atoms with van der Waals surface area (Å²) in [6, 6.07) is 35.8. The van der Waals surface area contributed by atoms with E-state index in [0.717, 1.165) is 76.9 Å². The van der Waals surface area contributed by atoms with E-state index in [9.17, 15) is 9.90 Å². The average molecular weight is 714 g/mol. The molecule has 4 aromatic carbocycles. The lowest BCUT2D eigenvalue weighted by Crippen LogP contribution is -2.61. The summed E-state index contributed by atoms with van der Waals surface area (Å²) in [5.41, 5.74) is 7.42. The largest absolute Gasteiger partial charge is 0.392 e. The predicted octanol–water partition coefficient (Wildman–Crippen LogP) is 9.10. The van der Waals surface area contributed by atoms with Crippen LogP contribution in [0.5, 0.6) is 0 Å². The SMILES string of the molecule is CC1C(CN(C)C(C)c2ccccc2)OC(c2cccc(-c3cccc(CNC(=O)NC45CC6CC(CC(C6)C4)C5)c3)c2)OC1c1ccc(CO)cc1. The Labute approximate surface area is 315 Å². The van der Waals surface area contributed by atoms with Crippen molar-refractivity contribution in [3.05, 3.63) is 131 Å². The van der Waals surface area contributed by atoms with Crippen LogP contribution in [0.1, 0.15) is 98.6 Å². The number of nitrogens with zero attached hydrogens (tertiary/aromatic N) is 1. The Morgan fingerprint density at radius 3 is 2.15 bits per heavy atom. The van der Waals surface area contributed by atoms with Crippen molar-refractivity contribution in [2.45, 2.75) is 95.6 Å². The Bertz CT molecular complexity index is 1830. The van der Waals surface area contributed by atoms with E-state index >= 15 is 0 Å². The molecule has 5 fully saturated rings. The van der Waals surface area contributed by atoms with Crippen molar-refractivity contribution in [1.29, 1.82) is 0 Å². The lowest BCUT2D eigenvalue weighted by Gasteiger charge is -2.56. The smallest absolute Gasteiger partial charge is 0.315 e. The van der Waals surface area contributed by atoms with Crippen LogP contribution in [0.15, 0.2) is 103 Å². The number of carbonyl (C=O) groups excluding carboxylic acids is 1. The van der Waals surface area contributed by atoms with E-state index in [1.54, 1.807) is 0 Å². The number of rotatable bonds is 11. The molecule has 5 atom stereocenters. The first-order chi connectivity index (χ1) is 25.7. The van der Waals surface area contributed by atoms with Crippen LogP contribution in [0.3, 0.4) is 0 Å². The molecule has 4 saturated carbocycles. The van der Waals surface area contributed by atoms with Crippen molar-refractivity contribution in [3.63, 3.8) is 0 Å². The van der Waals surface area contributed by atoms with E-state index in [-0.39, 0.29) is 42.3 Å². The van der Waals surface area contributed by atoms with Gasteiger partial charge in [-0.1, -0.05) is 97.9 Å². The van der Waals surface area contributed by atoms with Gasteiger partial charge in [0, 0.05) is 36.2 Å². The Morgan fingerprint density at radius 1 is 0.811 bits per heavy atom. The van der Waals surface area contributed by atoms with Gasteiger partial charge in [-0.3, -0.25) is 4.90 Å². The minimum atomic E-state index is -0.558. The summed E-state index contributed by atoms with van der Waals surface area (Å²) in [6.07, 6.45) is 6.69. The van der Waals surface area contributed by atoms with E-state index in [1.165, 1.54) is 24.8 Å². The van der Waals surface area contributed by atoms with Crippen molar-refractivity contribution in [3.8, 4) is 11.1 Å². The summed E-state index contributed by atoms with van der Waals surface area (Å²) in [4.78, 5) is 15.6. The summed E-state index contributed by atoms with van der Waals surface area (Å²) < 4.78 is 13.7. The molecule has 2 amide bonds. The van der Waals surface area contributed by atoms with E-state index in [0.29, 0.717) is 6.54 Å². The number of ether oxygens (including phenoxy) is 2. The number of hydrogen-bond donors (Lipinski definition) is 3. The van der Waals surface area contributed by atoms with Gasteiger partial charge in [0.25, 0.3) is 0 Å². The van der Waals surface area contributed by atoms with Gasteiger partial charge in [0.2, 0.25) is 0 Å². The fraction of sp³-hybridized carbons (Fsp3) is 0.457. The Hall–Kier alpha value is -4.01. The van der Waals surface area contributed by atoms with E-state index in [2.05, 4.69) is 127 Å². The molecule has 4 bridgehead atoms. The standard InChI is InChI=1S/C46H55N3O4/c1-30-42(28-49(3)31(2)37-10-5-4-6-11-37)52-44(53-43(30)38-17-15-32(29-50)16-18-38)41-14-8-13-40(23-41)39-12-7-9-33(22-39)27-47-45(51)48-46-24-34-19-35(25-46)21-36(20-34)26-46/h4-18,22-23,30-31,34-36,42-44,50H,19-21,24-29H2,1-3H3,(H2,47,48,51). The van der Waals surface area contributed by atoms with Gasteiger partial charge >= 0.3 is 6.03 Å². The predicted molar refractivity (Wildman–Crippen MR) is 209 cm³/mol. The van der Waals surface area contributed by atoms with Crippen LogP contribution in [-0.2, 0) is 22.6 Å². The van der Waals surface area contributed by atoms with E-state index in [4.69, 9.17) is 9.47 Å². The highest BCUT2D eigenvalue weighted by Crippen LogP contribution is 2.55. The van der Waals surface area contributed by atoms with Gasteiger partial charge in [-0.15, -0.1) is 0 Å². The van der Waals surface area contributed by atoms with Crippen molar-refractivity contribution < 1.29 is 19.4 Å². The van der Waals surface area contributed by atoms with Gasteiger partial charge in [-0.2, -0.15) is 0 Å². The third-order valence-electron chi connectivity index (χ3n) is 12.8. The zero-order valence-corrected chi connectivity index (χ0v) is 31.4. The second-order valence-electron chi connectivity index (χ2n) is 16.7. The number of carbonyl (C=O) groups is 1. The highest BCUT2D eigenvalue weighted by Gasteiger charge is 2.51. The number of aliphatic hydroxyl groups is 1. The molecular weight excluding hydrogens is 659 g/mol.